The number of methoxy groups -OCH3 is 6. The highest BCUT2D eigenvalue weighted by atomic mass is 16.5. The van der Waals surface area contributed by atoms with Crippen LogP contribution in [0, 0.1) is 5.92 Å². The molecule has 6 heteroatoms. The van der Waals surface area contributed by atoms with E-state index >= 15 is 0 Å². The highest BCUT2D eigenvalue weighted by Gasteiger charge is 2.26. The summed E-state index contributed by atoms with van der Waals surface area (Å²) in [7, 11) is 9.84. The second-order valence-corrected chi connectivity index (χ2v) is 7.45. The highest BCUT2D eigenvalue weighted by molar-refractivity contribution is 5.64. The Labute approximate surface area is 190 Å². The fraction of sp³-hybridized carbons (Fsp3) is 0.385. The number of hydrogen-bond acceptors (Lipinski definition) is 6. The topological polar surface area (TPSA) is 55.4 Å². The Hall–Kier alpha value is -3.28. The summed E-state index contributed by atoms with van der Waals surface area (Å²) >= 11 is 0. The standard InChI is InChI=1S/C26H32O6/c1-27-21-15-25(31-5)23(29-3)13-18(21)12-11-17-9-7-8-10-19(17)20-14-24(30-4)26(32-6)16-22(20)28-2/h8,10-17,19H,7,9H2,1-6H3/t17-,19+/m0/s1. The molecule has 0 unspecified atom stereocenters. The summed E-state index contributed by atoms with van der Waals surface area (Å²) in [5.41, 5.74) is 1.99. The molecule has 0 amide bonds. The van der Waals surface area contributed by atoms with Gasteiger partial charge in [-0.05, 0) is 30.9 Å². The van der Waals surface area contributed by atoms with Crippen LogP contribution in [0.5, 0.6) is 34.5 Å². The van der Waals surface area contributed by atoms with Gasteiger partial charge in [0.15, 0.2) is 23.0 Å². The minimum atomic E-state index is 0.140. The molecule has 0 heterocycles. The molecule has 0 saturated carbocycles. The molecule has 0 fully saturated rings. The maximum atomic E-state index is 5.70. The fourth-order valence-electron chi connectivity index (χ4n) is 4.13. The van der Waals surface area contributed by atoms with E-state index in [1.54, 1.807) is 42.7 Å². The lowest BCUT2D eigenvalue weighted by atomic mass is 9.78. The second-order valence-electron chi connectivity index (χ2n) is 7.45. The van der Waals surface area contributed by atoms with Crippen LogP contribution < -0.4 is 28.4 Å². The van der Waals surface area contributed by atoms with Gasteiger partial charge in [0.1, 0.15) is 11.5 Å². The van der Waals surface area contributed by atoms with Crippen molar-refractivity contribution in [3.8, 4) is 34.5 Å². The van der Waals surface area contributed by atoms with Crippen LogP contribution in [-0.4, -0.2) is 42.7 Å². The van der Waals surface area contributed by atoms with Gasteiger partial charge >= 0.3 is 0 Å². The minimum Gasteiger partial charge on any atom is -0.496 e. The third-order valence-electron chi connectivity index (χ3n) is 5.83. The quantitative estimate of drug-likeness (QED) is 0.480. The molecule has 0 saturated heterocycles. The van der Waals surface area contributed by atoms with Gasteiger partial charge in [0, 0.05) is 29.2 Å². The van der Waals surface area contributed by atoms with Crippen molar-refractivity contribution in [2.45, 2.75) is 18.8 Å². The lowest BCUT2D eigenvalue weighted by Gasteiger charge is -2.28. The lowest BCUT2D eigenvalue weighted by Crippen LogP contribution is -2.13. The van der Waals surface area contributed by atoms with Gasteiger partial charge in [-0.1, -0.05) is 24.3 Å². The van der Waals surface area contributed by atoms with E-state index in [1.807, 2.05) is 24.3 Å². The zero-order valence-electron chi connectivity index (χ0n) is 19.6. The Morgan fingerprint density at radius 2 is 1.19 bits per heavy atom. The number of ether oxygens (including phenoxy) is 6. The van der Waals surface area contributed by atoms with E-state index in [2.05, 4.69) is 24.3 Å². The van der Waals surface area contributed by atoms with E-state index in [0.29, 0.717) is 23.0 Å². The first kappa shape index (κ1) is 23.4. The van der Waals surface area contributed by atoms with Gasteiger partial charge < -0.3 is 28.4 Å². The van der Waals surface area contributed by atoms with Gasteiger partial charge in [-0.15, -0.1) is 0 Å². The van der Waals surface area contributed by atoms with Gasteiger partial charge in [-0.2, -0.15) is 0 Å². The fourth-order valence-corrected chi connectivity index (χ4v) is 4.13. The van der Waals surface area contributed by atoms with Gasteiger partial charge in [-0.3, -0.25) is 0 Å². The monoisotopic (exact) mass is 440 g/mol. The van der Waals surface area contributed by atoms with Crippen molar-refractivity contribution in [1.82, 2.24) is 0 Å². The zero-order chi connectivity index (χ0) is 23.1. The molecule has 172 valence electrons. The van der Waals surface area contributed by atoms with Crippen LogP contribution in [0.25, 0.3) is 6.08 Å². The van der Waals surface area contributed by atoms with Crippen LogP contribution in [0.15, 0.2) is 42.5 Å². The highest BCUT2D eigenvalue weighted by Crippen LogP contribution is 2.44. The summed E-state index contributed by atoms with van der Waals surface area (Å²) < 4.78 is 33.1. The van der Waals surface area contributed by atoms with E-state index in [9.17, 15) is 0 Å². The summed E-state index contributed by atoms with van der Waals surface area (Å²) in [5, 5.41) is 0. The molecular formula is C26H32O6. The van der Waals surface area contributed by atoms with E-state index in [1.165, 1.54) is 0 Å². The van der Waals surface area contributed by atoms with Crippen LogP contribution in [0.4, 0.5) is 0 Å². The van der Waals surface area contributed by atoms with Gasteiger partial charge in [0.2, 0.25) is 0 Å². The third kappa shape index (κ3) is 4.79. The largest absolute Gasteiger partial charge is 0.496 e. The van der Waals surface area contributed by atoms with Gasteiger partial charge in [-0.25, -0.2) is 0 Å². The van der Waals surface area contributed by atoms with Crippen molar-refractivity contribution in [1.29, 1.82) is 0 Å². The molecule has 1 aliphatic carbocycles. The van der Waals surface area contributed by atoms with Crippen LogP contribution in [-0.2, 0) is 0 Å². The number of hydrogen-bond donors (Lipinski definition) is 0. The molecule has 0 aliphatic heterocycles. The SMILES string of the molecule is COc1cc(OC)c(OC)cc1C=C[C@@H]1CCC=C[C@H]1c1cc(OC)c(OC)cc1OC. The number of benzene rings is 2. The zero-order valence-corrected chi connectivity index (χ0v) is 19.6. The first-order valence-electron chi connectivity index (χ1n) is 10.5. The summed E-state index contributed by atoms with van der Waals surface area (Å²) in [5.74, 6) is 4.55. The Morgan fingerprint density at radius 1 is 0.656 bits per heavy atom. The maximum absolute atomic E-state index is 5.70. The first-order chi connectivity index (χ1) is 15.6. The van der Waals surface area contributed by atoms with Crippen LogP contribution in [0.1, 0.15) is 29.9 Å². The molecule has 0 N–H and O–H groups in total. The molecule has 0 bridgehead atoms. The number of allylic oxidation sites excluding steroid dienone is 3. The normalized spacial score (nSPS) is 17.8. The Bertz CT molecular complexity index is 979. The smallest absolute Gasteiger partial charge is 0.164 e. The average molecular weight is 441 g/mol. The van der Waals surface area contributed by atoms with Gasteiger partial charge in [0.05, 0.1) is 42.7 Å². The molecule has 1 aliphatic rings. The van der Waals surface area contributed by atoms with E-state index < -0.39 is 0 Å². The Morgan fingerprint density at radius 3 is 1.78 bits per heavy atom. The lowest BCUT2D eigenvalue weighted by molar-refractivity contribution is 0.345. The second kappa shape index (κ2) is 10.8. The van der Waals surface area contributed by atoms with Crippen LogP contribution in [0.3, 0.4) is 0 Å². The summed E-state index contributed by atoms with van der Waals surface area (Å²) in [6.45, 7) is 0. The summed E-state index contributed by atoms with van der Waals surface area (Å²) in [4.78, 5) is 0. The minimum absolute atomic E-state index is 0.140. The first-order valence-corrected chi connectivity index (χ1v) is 10.5. The molecule has 32 heavy (non-hydrogen) atoms. The van der Waals surface area contributed by atoms with E-state index in [4.69, 9.17) is 28.4 Å². The van der Waals surface area contributed by atoms with E-state index in [-0.39, 0.29) is 11.8 Å². The summed E-state index contributed by atoms with van der Waals surface area (Å²) in [6.07, 6.45) is 10.8. The Balaban J connectivity index is 1.99. The van der Waals surface area contributed by atoms with Crippen molar-refractivity contribution < 1.29 is 28.4 Å². The molecule has 2 aromatic carbocycles. The number of rotatable bonds is 9. The molecule has 0 spiro atoms. The van der Waals surface area contributed by atoms with Crippen molar-refractivity contribution in [2.75, 3.05) is 42.7 Å². The Kier molecular flexibility index (Phi) is 7.92. The van der Waals surface area contributed by atoms with E-state index in [0.717, 1.165) is 35.5 Å². The molecule has 2 atom stereocenters. The van der Waals surface area contributed by atoms with Crippen LogP contribution >= 0.6 is 0 Å². The van der Waals surface area contributed by atoms with Crippen LogP contribution in [0.2, 0.25) is 0 Å². The predicted octanol–water partition coefficient (Wildman–Crippen LogP) is 5.50. The maximum Gasteiger partial charge on any atom is 0.164 e. The molecule has 0 radical (unpaired) electrons. The van der Waals surface area contributed by atoms with Gasteiger partial charge in [0.25, 0.3) is 0 Å². The van der Waals surface area contributed by atoms with Crippen molar-refractivity contribution in [2.24, 2.45) is 5.92 Å². The van der Waals surface area contributed by atoms with Crippen molar-refractivity contribution in [3.63, 3.8) is 0 Å². The third-order valence-corrected chi connectivity index (χ3v) is 5.83. The summed E-state index contributed by atoms with van der Waals surface area (Å²) in [6, 6.07) is 7.66. The molecular weight excluding hydrogens is 408 g/mol. The van der Waals surface area contributed by atoms with Crippen molar-refractivity contribution >= 4 is 6.08 Å². The molecule has 3 rings (SSSR count). The van der Waals surface area contributed by atoms with Crippen molar-refractivity contribution in [3.05, 3.63) is 53.6 Å². The average Bonchev–Trinajstić information content (AvgIpc) is 2.86. The molecule has 0 aromatic heterocycles. The molecule has 6 nitrogen and oxygen atoms in total. The molecule has 2 aromatic rings. The predicted molar refractivity (Wildman–Crippen MR) is 126 cm³/mol.